The van der Waals surface area contributed by atoms with E-state index in [-0.39, 0.29) is 11.9 Å². The molecule has 1 saturated heterocycles. The van der Waals surface area contributed by atoms with Crippen molar-refractivity contribution in [1.82, 2.24) is 29.7 Å². The van der Waals surface area contributed by atoms with Gasteiger partial charge < -0.3 is 9.84 Å². The van der Waals surface area contributed by atoms with Crippen LogP contribution in [0.5, 0.6) is 0 Å². The van der Waals surface area contributed by atoms with Gasteiger partial charge in [-0.3, -0.25) is 14.1 Å². The van der Waals surface area contributed by atoms with E-state index in [1.807, 2.05) is 22.9 Å². The minimum atomic E-state index is -0.150. The molecule has 1 N–H and O–H groups in total. The average molecular weight is 366 g/mol. The Morgan fingerprint density at radius 2 is 2.22 bits per heavy atom. The van der Waals surface area contributed by atoms with Crippen molar-refractivity contribution < 1.29 is 9.32 Å². The summed E-state index contributed by atoms with van der Waals surface area (Å²) in [6.07, 6.45) is 7.85. The second-order valence-electron chi connectivity index (χ2n) is 7.68. The molecule has 3 aromatic heterocycles. The van der Waals surface area contributed by atoms with Gasteiger partial charge in [-0.1, -0.05) is 12.1 Å². The number of hydrogen-bond donors (Lipinski definition) is 1. The van der Waals surface area contributed by atoms with Crippen LogP contribution in [0.3, 0.4) is 0 Å². The summed E-state index contributed by atoms with van der Waals surface area (Å²) in [4.78, 5) is 23.5. The predicted octanol–water partition coefficient (Wildman–Crippen LogP) is 1.84. The van der Waals surface area contributed by atoms with E-state index in [1.165, 1.54) is 0 Å². The molecular formula is C19H22N6O2. The SMILES string of the molecule is CC1CN(Cc2cnc3ncccn23)CC1NC(=O)c1cc(C2CC2)on1. The van der Waals surface area contributed by atoms with Crippen LogP contribution >= 0.6 is 0 Å². The first-order valence-corrected chi connectivity index (χ1v) is 9.44. The first-order valence-electron chi connectivity index (χ1n) is 9.44. The molecule has 0 spiro atoms. The Kier molecular flexibility index (Phi) is 3.93. The fourth-order valence-corrected chi connectivity index (χ4v) is 3.81. The molecule has 2 atom stereocenters. The molecule has 1 amide bonds. The van der Waals surface area contributed by atoms with Crippen LogP contribution in [-0.2, 0) is 6.54 Å². The first-order chi connectivity index (χ1) is 13.2. The van der Waals surface area contributed by atoms with E-state index in [0.717, 1.165) is 43.9 Å². The molecule has 1 aliphatic carbocycles. The normalized spacial score (nSPS) is 23.1. The van der Waals surface area contributed by atoms with Gasteiger partial charge in [0.05, 0.1) is 11.9 Å². The van der Waals surface area contributed by atoms with Gasteiger partial charge in [-0.15, -0.1) is 0 Å². The standard InChI is InChI=1S/C19H22N6O2/c1-12-9-24(10-14-8-21-19-20-5-2-6-25(14)19)11-16(12)22-18(26)15-7-17(27-23-15)13-3-4-13/h2,5-8,12-13,16H,3-4,9-11H2,1H3,(H,22,26). The van der Waals surface area contributed by atoms with Crippen LogP contribution in [-0.4, -0.2) is 49.5 Å². The molecule has 1 aliphatic heterocycles. The Balaban J connectivity index is 1.23. The van der Waals surface area contributed by atoms with Gasteiger partial charge in [0.1, 0.15) is 5.76 Å². The minimum absolute atomic E-state index is 0.0934. The summed E-state index contributed by atoms with van der Waals surface area (Å²) in [7, 11) is 0. The van der Waals surface area contributed by atoms with Gasteiger partial charge in [0, 0.05) is 50.1 Å². The molecule has 8 nitrogen and oxygen atoms in total. The summed E-state index contributed by atoms with van der Waals surface area (Å²) in [6.45, 7) is 4.66. The molecule has 27 heavy (non-hydrogen) atoms. The summed E-state index contributed by atoms with van der Waals surface area (Å²) in [5.74, 6) is 2.22. The highest BCUT2D eigenvalue weighted by Crippen LogP contribution is 2.40. The zero-order valence-electron chi connectivity index (χ0n) is 15.2. The number of hydrogen-bond acceptors (Lipinski definition) is 6. The van der Waals surface area contributed by atoms with Crippen LogP contribution in [0.1, 0.15) is 47.6 Å². The fourth-order valence-electron chi connectivity index (χ4n) is 3.81. The van der Waals surface area contributed by atoms with Gasteiger partial charge in [0.25, 0.3) is 5.91 Å². The lowest BCUT2D eigenvalue weighted by atomic mass is 10.1. The summed E-state index contributed by atoms with van der Waals surface area (Å²) in [5, 5.41) is 7.07. The number of fused-ring (bicyclic) bond motifs is 1. The highest BCUT2D eigenvalue weighted by molar-refractivity contribution is 5.92. The number of nitrogens with zero attached hydrogens (tertiary/aromatic N) is 5. The maximum absolute atomic E-state index is 12.5. The molecule has 0 radical (unpaired) electrons. The van der Waals surface area contributed by atoms with Crippen LogP contribution in [0.4, 0.5) is 0 Å². The number of imidazole rings is 1. The smallest absolute Gasteiger partial charge is 0.273 e. The largest absolute Gasteiger partial charge is 0.360 e. The molecule has 0 aromatic carbocycles. The van der Waals surface area contributed by atoms with Crippen molar-refractivity contribution in [3.05, 3.63) is 47.9 Å². The number of rotatable bonds is 5. The highest BCUT2D eigenvalue weighted by Gasteiger charge is 2.33. The van der Waals surface area contributed by atoms with Gasteiger partial charge in [-0.25, -0.2) is 9.97 Å². The first kappa shape index (κ1) is 16.4. The molecule has 1 saturated carbocycles. The Bertz CT molecular complexity index is 975. The monoisotopic (exact) mass is 366 g/mol. The second kappa shape index (κ2) is 6.45. The van der Waals surface area contributed by atoms with Crippen LogP contribution in [0, 0.1) is 5.92 Å². The second-order valence-corrected chi connectivity index (χ2v) is 7.68. The zero-order valence-corrected chi connectivity index (χ0v) is 15.2. The topological polar surface area (TPSA) is 88.6 Å². The van der Waals surface area contributed by atoms with Gasteiger partial charge in [-0.05, 0) is 24.8 Å². The fraction of sp³-hybridized carbons (Fsp3) is 0.474. The van der Waals surface area contributed by atoms with Crippen LogP contribution in [0.15, 0.2) is 35.2 Å². The molecule has 2 fully saturated rings. The van der Waals surface area contributed by atoms with Crippen molar-refractivity contribution in [3.63, 3.8) is 0 Å². The van der Waals surface area contributed by atoms with Gasteiger partial charge >= 0.3 is 0 Å². The summed E-state index contributed by atoms with van der Waals surface area (Å²) in [5.41, 5.74) is 1.48. The average Bonchev–Trinajstić information content (AvgIpc) is 3.11. The van der Waals surface area contributed by atoms with Crippen molar-refractivity contribution in [1.29, 1.82) is 0 Å². The third kappa shape index (κ3) is 3.21. The molecule has 3 aromatic rings. The molecule has 2 unspecified atom stereocenters. The van der Waals surface area contributed by atoms with Crippen LogP contribution < -0.4 is 5.32 Å². The lowest BCUT2D eigenvalue weighted by molar-refractivity contribution is 0.0922. The maximum atomic E-state index is 12.5. The number of nitrogens with one attached hydrogen (secondary N) is 1. The van der Waals surface area contributed by atoms with Crippen molar-refractivity contribution in [2.45, 2.75) is 38.3 Å². The Morgan fingerprint density at radius 1 is 1.33 bits per heavy atom. The Labute approximate surface area is 156 Å². The Hall–Kier alpha value is -2.74. The maximum Gasteiger partial charge on any atom is 0.273 e. The molecule has 140 valence electrons. The number of amides is 1. The minimum Gasteiger partial charge on any atom is -0.360 e. The Morgan fingerprint density at radius 3 is 3.07 bits per heavy atom. The van der Waals surface area contributed by atoms with Crippen molar-refractivity contribution in [3.8, 4) is 0 Å². The van der Waals surface area contributed by atoms with Gasteiger partial charge in [-0.2, -0.15) is 0 Å². The van der Waals surface area contributed by atoms with E-state index in [4.69, 9.17) is 4.52 Å². The van der Waals surface area contributed by atoms with Crippen molar-refractivity contribution >= 4 is 11.7 Å². The number of likely N-dealkylation sites (tertiary alicyclic amines) is 1. The van der Waals surface area contributed by atoms with E-state index >= 15 is 0 Å². The summed E-state index contributed by atoms with van der Waals surface area (Å²) in [6, 6.07) is 3.79. The number of carbonyl (C=O) groups is 1. The predicted molar refractivity (Wildman–Crippen MR) is 97.2 cm³/mol. The quantitative estimate of drug-likeness (QED) is 0.741. The third-order valence-corrected chi connectivity index (χ3v) is 5.50. The van der Waals surface area contributed by atoms with Crippen LogP contribution in [0.2, 0.25) is 0 Å². The molecule has 5 rings (SSSR count). The molecule has 4 heterocycles. The summed E-state index contributed by atoms with van der Waals surface area (Å²) >= 11 is 0. The van der Waals surface area contributed by atoms with E-state index < -0.39 is 0 Å². The highest BCUT2D eigenvalue weighted by atomic mass is 16.5. The summed E-state index contributed by atoms with van der Waals surface area (Å²) < 4.78 is 7.30. The molecule has 8 heteroatoms. The lowest BCUT2D eigenvalue weighted by Gasteiger charge is -2.16. The molecular weight excluding hydrogens is 344 g/mol. The van der Waals surface area contributed by atoms with Gasteiger partial charge in [0.2, 0.25) is 5.78 Å². The number of aromatic nitrogens is 4. The van der Waals surface area contributed by atoms with Crippen LogP contribution in [0.25, 0.3) is 5.78 Å². The van der Waals surface area contributed by atoms with Crippen molar-refractivity contribution in [2.24, 2.45) is 5.92 Å². The van der Waals surface area contributed by atoms with E-state index in [2.05, 4.69) is 32.3 Å². The number of carbonyl (C=O) groups excluding carboxylic acids is 1. The van der Waals surface area contributed by atoms with E-state index in [1.54, 1.807) is 12.3 Å². The zero-order chi connectivity index (χ0) is 18.4. The third-order valence-electron chi connectivity index (χ3n) is 5.50. The van der Waals surface area contributed by atoms with E-state index in [0.29, 0.717) is 23.3 Å². The lowest BCUT2D eigenvalue weighted by Crippen LogP contribution is -2.40. The molecule has 0 bridgehead atoms. The molecule has 2 aliphatic rings. The van der Waals surface area contributed by atoms with Crippen molar-refractivity contribution in [2.75, 3.05) is 13.1 Å². The van der Waals surface area contributed by atoms with E-state index in [9.17, 15) is 4.79 Å². The van der Waals surface area contributed by atoms with Gasteiger partial charge in [0.15, 0.2) is 5.69 Å².